The molecule has 0 radical (unpaired) electrons. The van der Waals surface area contributed by atoms with Gasteiger partial charge < -0.3 is 59.1 Å². The van der Waals surface area contributed by atoms with Crippen LogP contribution in [0.1, 0.15) is 24.5 Å². The molecule has 0 spiro atoms. The van der Waals surface area contributed by atoms with Crippen molar-refractivity contribution >= 4 is 0 Å². The van der Waals surface area contributed by atoms with E-state index in [4.69, 9.17) is 28.4 Å². The van der Waals surface area contributed by atoms with Crippen LogP contribution in [0.25, 0.3) is 0 Å². The van der Waals surface area contributed by atoms with E-state index >= 15 is 0 Å². The molecular formula is C28H42O12. The Kier molecular flexibility index (Phi) is 11.7. The number of ether oxygens (including phenoxy) is 6. The van der Waals surface area contributed by atoms with Gasteiger partial charge in [-0.25, -0.2) is 0 Å². The fourth-order valence-electron chi connectivity index (χ4n) is 4.93. The first-order valence-electron chi connectivity index (χ1n) is 12.6. The maximum atomic E-state index is 12.0. The lowest BCUT2D eigenvalue weighted by molar-refractivity contribution is -0.229. The summed E-state index contributed by atoms with van der Waals surface area (Å²) in [6, 6.07) is 6.32. The lowest BCUT2D eigenvalue weighted by atomic mass is 9.71. The van der Waals surface area contributed by atoms with E-state index in [0.717, 1.165) is 0 Å². The number of benzene rings is 2. The van der Waals surface area contributed by atoms with Crippen molar-refractivity contribution in [1.82, 2.24) is 0 Å². The molecule has 40 heavy (non-hydrogen) atoms. The first-order chi connectivity index (χ1) is 19.0. The van der Waals surface area contributed by atoms with Crippen LogP contribution in [-0.2, 0) is 12.8 Å². The number of hydrogen-bond acceptors (Lipinski definition) is 12. The van der Waals surface area contributed by atoms with Gasteiger partial charge >= 0.3 is 0 Å². The fourth-order valence-corrected chi connectivity index (χ4v) is 4.93. The van der Waals surface area contributed by atoms with Gasteiger partial charge in [0.2, 0.25) is 0 Å². The molecule has 1 unspecified atom stereocenters. The average Bonchev–Trinajstić information content (AvgIpc) is 2.98. The van der Waals surface area contributed by atoms with Crippen LogP contribution in [0.15, 0.2) is 24.3 Å². The molecule has 0 aromatic heterocycles. The molecule has 0 saturated heterocycles. The Hall–Kier alpha value is -3.00. The Labute approximate surface area is 234 Å². The molecule has 5 atom stereocenters. The number of rotatable bonds is 16. The summed E-state index contributed by atoms with van der Waals surface area (Å²) in [6.07, 6.45) is -7.20. The van der Waals surface area contributed by atoms with Gasteiger partial charge in [0, 0.05) is 24.0 Å². The molecule has 0 fully saturated rings. The number of aliphatic hydroxyl groups is 6. The predicted octanol–water partition coefficient (Wildman–Crippen LogP) is 0.471. The molecule has 2 aromatic rings. The standard InChI is InChI=1S/C28H42O12/c1-8-27(33,13-16-19(35-2)9-11-21(37-4)23(16)39-6)26(32)28(34,25(31)18(30)15-29)14-17-20(36-3)10-12-22(38-5)24(17)40-7/h9-12,18,25-26,29-34H,8,13-15H2,1-7H3/t18-,25+,26+,27?,28+/m0/s1. The summed E-state index contributed by atoms with van der Waals surface area (Å²) >= 11 is 0. The van der Waals surface area contributed by atoms with Crippen molar-refractivity contribution in [2.75, 3.05) is 49.3 Å². The van der Waals surface area contributed by atoms with Gasteiger partial charge in [0.25, 0.3) is 0 Å². The van der Waals surface area contributed by atoms with Crippen molar-refractivity contribution in [3.63, 3.8) is 0 Å². The summed E-state index contributed by atoms with van der Waals surface area (Å²) in [5, 5.41) is 66.8. The van der Waals surface area contributed by atoms with Crippen LogP contribution in [0.4, 0.5) is 0 Å². The van der Waals surface area contributed by atoms with E-state index in [1.165, 1.54) is 48.7 Å². The van der Waals surface area contributed by atoms with Gasteiger partial charge in [0.1, 0.15) is 35.4 Å². The van der Waals surface area contributed by atoms with Crippen LogP contribution in [0, 0.1) is 0 Å². The van der Waals surface area contributed by atoms with Gasteiger partial charge in [-0.2, -0.15) is 0 Å². The van der Waals surface area contributed by atoms with Crippen molar-refractivity contribution < 1.29 is 59.1 Å². The largest absolute Gasteiger partial charge is 0.496 e. The highest BCUT2D eigenvalue weighted by molar-refractivity contribution is 5.56. The zero-order chi connectivity index (χ0) is 30.3. The van der Waals surface area contributed by atoms with E-state index < -0.39 is 42.5 Å². The molecule has 12 nitrogen and oxygen atoms in total. The average molecular weight is 571 g/mol. The van der Waals surface area contributed by atoms with Crippen molar-refractivity contribution in [2.24, 2.45) is 0 Å². The summed E-state index contributed by atoms with van der Waals surface area (Å²) in [5.74, 6) is 1.50. The molecule has 226 valence electrons. The number of hydrogen-bond donors (Lipinski definition) is 6. The fraction of sp³-hybridized carbons (Fsp3) is 0.571. The SMILES string of the molecule is CCC(O)(Cc1c(OC)ccc(OC)c1OC)[C@@H](O)[C@@](O)(Cc1c(OC)ccc(OC)c1OC)[C@H](O)[C@@H](O)CO. The minimum absolute atomic E-state index is 0.131. The van der Waals surface area contributed by atoms with E-state index in [-0.39, 0.29) is 41.4 Å². The minimum Gasteiger partial charge on any atom is -0.496 e. The Balaban J connectivity index is 2.77. The summed E-state index contributed by atoms with van der Waals surface area (Å²) in [5.41, 5.74) is -4.31. The molecule has 0 bridgehead atoms. The van der Waals surface area contributed by atoms with Gasteiger partial charge in [-0.3, -0.25) is 0 Å². The zero-order valence-corrected chi connectivity index (χ0v) is 24.0. The molecule has 0 aliphatic heterocycles. The first kappa shape index (κ1) is 33.2. The predicted molar refractivity (Wildman–Crippen MR) is 145 cm³/mol. The normalized spacial score (nSPS) is 16.6. The third-order valence-corrected chi connectivity index (χ3v) is 7.25. The topological polar surface area (TPSA) is 177 Å². The second kappa shape index (κ2) is 14.1. The zero-order valence-electron chi connectivity index (χ0n) is 24.0. The first-order valence-corrected chi connectivity index (χ1v) is 12.6. The van der Waals surface area contributed by atoms with Crippen molar-refractivity contribution in [3.8, 4) is 34.5 Å². The smallest absolute Gasteiger partial charge is 0.167 e. The van der Waals surface area contributed by atoms with Crippen molar-refractivity contribution in [1.29, 1.82) is 0 Å². The Morgan fingerprint density at radius 3 is 1.40 bits per heavy atom. The number of aliphatic hydroxyl groups excluding tert-OH is 4. The monoisotopic (exact) mass is 570 g/mol. The van der Waals surface area contributed by atoms with E-state index in [0.29, 0.717) is 17.1 Å². The summed E-state index contributed by atoms with van der Waals surface area (Å²) < 4.78 is 32.7. The molecular weight excluding hydrogens is 528 g/mol. The van der Waals surface area contributed by atoms with Crippen LogP contribution < -0.4 is 28.4 Å². The van der Waals surface area contributed by atoms with Crippen molar-refractivity contribution in [2.45, 2.75) is 55.7 Å². The number of methoxy groups -OCH3 is 6. The summed E-state index contributed by atoms with van der Waals surface area (Å²) in [6.45, 7) is 0.634. The van der Waals surface area contributed by atoms with Gasteiger partial charge in [0.05, 0.1) is 54.9 Å². The maximum absolute atomic E-state index is 12.0. The summed E-state index contributed by atoms with van der Waals surface area (Å²) in [7, 11) is 8.41. The second-order valence-corrected chi connectivity index (χ2v) is 9.36. The van der Waals surface area contributed by atoms with E-state index in [1.807, 2.05) is 0 Å². The van der Waals surface area contributed by atoms with Gasteiger partial charge in [-0.05, 0) is 30.7 Å². The van der Waals surface area contributed by atoms with Crippen LogP contribution in [0.2, 0.25) is 0 Å². The molecule has 6 N–H and O–H groups in total. The minimum atomic E-state index is -2.67. The maximum Gasteiger partial charge on any atom is 0.167 e. The summed E-state index contributed by atoms with van der Waals surface area (Å²) in [4.78, 5) is 0. The lowest BCUT2D eigenvalue weighted by Gasteiger charge is -2.46. The highest BCUT2D eigenvalue weighted by Crippen LogP contribution is 2.45. The van der Waals surface area contributed by atoms with Crippen LogP contribution in [0.3, 0.4) is 0 Å². The third kappa shape index (κ3) is 6.32. The molecule has 0 aliphatic rings. The molecule has 0 heterocycles. The molecule has 0 aliphatic carbocycles. The van der Waals surface area contributed by atoms with E-state index in [1.54, 1.807) is 25.1 Å². The van der Waals surface area contributed by atoms with Gasteiger partial charge in [0.15, 0.2) is 23.0 Å². The van der Waals surface area contributed by atoms with Crippen LogP contribution >= 0.6 is 0 Å². The highest BCUT2D eigenvalue weighted by Gasteiger charge is 2.55. The van der Waals surface area contributed by atoms with Gasteiger partial charge in [-0.1, -0.05) is 6.92 Å². The lowest BCUT2D eigenvalue weighted by Crippen LogP contribution is -2.66. The van der Waals surface area contributed by atoms with Crippen LogP contribution in [-0.4, -0.2) is 109 Å². The molecule has 2 aromatic carbocycles. The van der Waals surface area contributed by atoms with Crippen LogP contribution in [0.5, 0.6) is 34.5 Å². The Morgan fingerprint density at radius 1 is 0.650 bits per heavy atom. The van der Waals surface area contributed by atoms with E-state index in [9.17, 15) is 30.6 Å². The van der Waals surface area contributed by atoms with E-state index in [2.05, 4.69) is 0 Å². The van der Waals surface area contributed by atoms with Crippen molar-refractivity contribution in [3.05, 3.63) is 35.4 Å². The molecule has 12 heteroatoms. The second-order valence-electron chi connectivity index (χ2n) is 9.36. The molecule has 2 rings (SSSR count). The quantitative estimate of drug-likeness (QED) is 0.165. The molecule has 0 amide bonds. The highest BCUT2D eigenvalue weighted by atomic mass is 16.5. The Bertz CT molecular complexity index is 1110. The third-order valence-electron chi connectivity index (χ3n) is 7.25. The molecule has 0 saturated carbocycles. The Morgan fingerprint density at radius 2 is 1.05 bits per heavy atom. The van der Waals surface area contributed by atoms with Gasteiger partial charge in [-0.15, -0.1) is 0 Å².